The number of rotatable bonds is 3. The number of halogens is 1. The number of carbonyl (C=O) groups is 1. The molecule has 3 nitrogen and oxygen atoms in total. The predicted molar refractivity (Wildman–Crippen MR) is 84.9 cm³/mol. The first-order valence-corrected chi connectivity index (χ1v) is 7.70. The Hall–Kier alpha value is -1.52. The third-order valence-corrected chi connectivity index (χ3v) is 3.89. The average Bonchev–Trinajstić information content (AvgIpc) is 2.42. The van der Waals surface area contributed by atoms with Gasteiger partial charge in [-0.1, -0.05) is 17.7 Å². The van der Waals surface area contributed by atoms with Gasteiger partial charge in [-0.15, -0.1) is 11.8 Å². The highest BCUT2D eigenvalue weighted by atomic mass is 35.5. The molecule has 1 N–H and O–H groups in total. The van der Waals surface area contributed by atoms with Crippen LogP contribution in [0.2, 0.25) is 5.02 Å². The summed E-state index contributed by atoms with van der Waals surface area (Å²) in [6.07, 6.45) is 3.57. The van der Waals surface area contributed by atoms with E-state index in [9.17, 15) is 4.79 Å². The van der Waals surface area contributed by atoms with Crippen molar-refractivity contribution in [3.8, 4) is 0 Å². The van der Waals surface area contributed by atoms with Gasteiger partial charge in [0.1, 0.15) is 5.03 Å². The van der Waals surface area contributed by atoms with Gasteiger partial charge in [-0.05, 0) is 49.4 Å². The first kappa shape index (κ1) is 14.9. The third-order valence-electron chi connectivity index (χ3n) is 2.88. The van der Waals surface area contributed by atoms with Gasteiger partial charge in [0.2, 0.25) is 0 Å². The number of hydrogen-bond donors (Lipinski definition) is 1. The van der Waals surface area contributed by atoms with Crippen molar-refractivity contribution in [2.75, 3.05) is 11.6 Å². The Balaban J connectivity index is 2.33. The van der Waals surface area contributed by atoms with Crippen LogP contribution in [0.3, 0.4) is 0 Å². The summed E-state index contributed by atoms with van der Waals surface area (Å²) in [5.74, 6) is -0.198. The second-order valence-corrected chi connectivity index (χ2v) is 5.66. The predicted octanol–water partition coefficient (Wildman–Crippen LogP) is 4.33. The molecule has 2 aromatic rings. The van der Waals surface area contributed by atoms with Crippen LogP contribution in [0.5, 0.6) is 0 Å². The normalized spacial score (nSPS) is 10.4. The highest BCUT2D eigenvalue weighted by Gasteiger charge is 2.14. The average molecular weight is 307 g/mol. The number of nitrogens with one attached hydrogen (secondary N) is 1. The smallest absolute Gasteiger partial charge is 0.258 e. The van der Waals surface area contributed by atoms with Gasteiger partial charge in [-0.3, -0.25) is 4.79 Å². The van der Waals surface area contributed by atoms with Gasteiger partial charge < -0.3 is 5.32 Å². The first-order chi connectivity index (χ1) is 9.52. The molecule has 0 saturated carbocycles. The molecular formula is C15H15ClN2OS. The molecule has 2 rings (SSSR count). The second-order valence-electron chi connectivity index (χ2n) is 4.45. The van der Waals surface area contributed by atoms with Crippen LogP contribution < -0.4 is 5.32 Å². The minimum absolute atomic E-state index is 0.198. The monoisotopic (exact) mass is 306 g/mol. The van der Waals surface area contributed by atoms with E-state index in [4.69, 9.17) is 11.6 Å². The molecule has 0 aliphatic rings. The fraction of sp³-hybridized carbons (Fsp3) is 0.200. The molecule has 0 spiro atoms. The highest BCUT2D eigenvalue weighted by molar-refractivity contribution is 7.98. The van der Waals surface area contributed by atoms with E-state index >= 15 is 0 Å². The van der Waals surface area contributed by atoms with E-state index in [1.165, 1.54) is 11.8 Å². The van der Waals surface area contributed by atoms with Crippen LogP contribution in [0, 0.1) is 13.8 Å². The summed E-state index contributed by atoms with van der Waals surface area (Å²) in [5.41, 5.74) is 3.21. The number of hydrogen-bond acceptors (Lipinski definition) is 3. The number of benzene rings is 1. The fourth-order valence-corrected chi connectivity index (χ4v) is 2.90. The summed E-state index contributed by atoms with van der Waals surface area (Å²) in [5, 5.41) is 4.12. The van der Waals surface area contributed by atoms with E-state index in [0.717, 1.165) is 11.1 Å². The van der Waals surface area contributed by atoms with Crippen molar-refractivity contribution in [2.45, 2.75) is 18.9 Å². The van der Waals surface area contributed by atoms with Crippen molar-refractivity contribution in [2.24, 2.45) is 0 Å². The molecule has 0 radical (unpaired) electrons. The Labute approximate surface area is 127 Å². The topological polar surface area (TPSA) is 42.0 Å². The van der Waals surface area contributed by atoms with Gasteiger partial charge in [-0.25, -0.2) is 4.98 Å². The van der Waals surface area contributed by atoms with Crippen LogP contribution in [-0.2, 0) is 0 Å². The van der Waals surface area contributed by atoms with E-state index < -0.39 is 0 Å². The molecular weight excluding hydrogens is 292 g/mol. The van der Waals surface area contributed by atoms with E-state index in [1.54, 1.807) is 18.3 Å². The highest BCUT2D eigenvalue weighted by Crippen LogP contribution is 2.28. The molecule has 0 unspecified atom stereocenters. The van der Waals surface area contributed by atoms with E-state index in [2.05, 4.69) is 10.3 Å². The minimum Gasteiger partial charge on any atom is -0.320 e. The Morgan fingerprint density at radius 2 is 2.10 bits per heavy atom. The van der Waals surface area contributed by atoms with Crippen LogP contribution in [0.25, 0.3) is 0 Å². The summed E-state index contributed by atoms with van der Waals surface area (Å²) in [6.45, 7) is 3.89. The Morgan fingerprint density at radius 3 is 2.75 bits per heavy atom. The van der Waals surface area contributed by atoms with Crippen molar-refractivity contribution in [3.63, 3.8) is 0 Å². The van der Waals surface area contributed by atoms with E-state index in [1.807, 2.05) is 32.2 Å². The lowest BCUT2D eigenvalue weighted by molar-refractivity contribution is 0.102. The zero-order chi connectivity index (χ0) is 14.7. The molecule has 0 aliphatic carbocycles. The lowest BCUT2D eigenvalue weighted by Crippen LogP contribution is -2.14. The molecule has 1 amide bonds. The zero-order valence-electron chi connectivity index (χ0n) is 11.5. The van der Waals surface area contributed by atoms with Gasteiger partial charge in [0.25, 0.3) is 5.91 Å². The van der Waals surface area contributed by atoms with Gasteiger partial charge in [-0.2, -0.15) is 0 Å². The number of aryl methyl sites for hydroxylation is 2. The lowest BCUT2D eigenvalue weighted by Gasteiger charge is -2.12. The Kier molecular flexibility index (Phi) is 4.68. The van der Waals surface area contributed by atoms with Crippen LogP contribution in [0.4, 0.5) is 5.69 Å². The molecule has 0 atom stereocenters. The largest absolute Gasteiger partial charge is 0.320 e. The number of nitrogens with zero attached hydrogens (tertiary/aromatic N) is 1. The Bertz CT molecular complexity index is 635. The van der Waals surface area contributed by atoms with Crippen LogP contribution in [0.15, 0.2) is 35.5 Å². The standard InChI is InChI=1S/C15H15ClN2OS/c1-9-7-10(2)13(12(16)8-9)18-14(19)11-5-4-6-17-15(11)20-3/h4-8H,1-3H3,(H,18,19). The van der Waals surface area contributed by atoms with Gasteiger partial charge in [0.15, 0.2) is 0 Å². The molecule has 0 bridgehead atoms. The quantitative estimate of drug-likeness (QED) is 0.858. The lowest BCUT2D eigenvalue weighted by atomic mass is 10.1. The van der Waals surface area contributed by atoms with Crippen LogP contribution >= 0.6 is 23.4 Å². The van der Waals surface area contributed by atoms with Gasteiger partial charge in [0.05, 0.1) is 16.3 Å². The molecule has 0 fully saturated rings. The molecule has 0 saturated heterocycles. The molecule has 104 valence electrons. The zero-order valence-corrected chi connectivity index (χ0v) is 13.1. The van der Waals surface area contributed by atoms with Crippen molar-refractivity contribution >= 4 is 35.0 Å². The maximum Gasteiger partial charge on any atom is 0.258 e. The number of anilines is 1. The van der Waals surface area contributed by atoms with Crippen LogP contribution in [-0.4, -0.2) is 17.1 Å². The Morgan fingerprint density at radius 1 is 1.35 bits per heavy atom. The fourth-order valence-electron chi connectivity index (χ4n) is 1.98. The molecule has 1 aromatic heterocycles. The number of thioether (sulfide) groups is 1. The number of aromatic nitrogens is 1. The van der Waals surface area contributed by atoms with Crippen molar-refractivity contribution in [1.82, 2.24) is 4.98 Å². The van der Waals surface area contributed by atoms with Gasteiger partial charge >= 0.3 is 0 Å². The molecule has 5 heteroatoms. The van der Waals surface area contributed by atoms with Crippen molar-refractivity contribution in [3.05, 3.63) is 52.2 Å². The third kappa shape index (κ3) is 3.14. The molecule has 1 aromatic carbocycles. The first-order valence-electron chi connectivity index (χ1n) is 6.10. The summed E-state index contributed by atoms with van der Waals surface area (Å²) >= 11 is 7.64. The SMILES string of the molecule is CSc1ncccc1C(=O)Nc1c(C)cc(C)cc1Cl. The molecule has 20 heavy (non-hydrogen) atoms. The maximum absolute atomic E-state index is 12.4. The van der Waals surface area contributed by atoms with E-state index in [-0.39, 0.29) is 5.91 Å². The summed E-state index contributed by atoms with van der Waals surface area (Å²) < 4.78 is 0. The minimum atomic E-state index is -0.198. The van der Waals surface area contributed by atoms with Crippen LogP contribution in [0.1, 0.15) is 21.5 Å². The maximum atomic E-state index is 12.4. The summed E-state index contributed by atoms with van der Waals surface area (Å²) in [7, 11) is 0. The van der Waals surface area contributed by atoms with Crippen molar-refractivity contribution < 1.29 is 4.79 Å². The molecule has 1 heterocycles. The van der Waals surface area contributed by atoms with Crippen molar-refractivity contribution in [1.29, 1.82) is 0 Å². The summed E-state index contributed by atoms with van der Waals surface area (Å²) in [4.78, 5) is 16.5. The van der Waals surface area contributed by atoms with E-state index in [0.29, 0.717) is 21.3 Å². The number of pyridine rings is 1. The summed E-state index contributed by atoms with van der Waals surface area (Å²) in [6, 6.07) is 7.33. The number of amides is 1. The van der Waals surface area contributed by atoms with Gasteiger partial charge in [0, 0.05) is 6.20 Å². The molecule has 0 aliphatic heterocycles. The number of carbonyl (C=O) groups excluding carboxylic acids is 1. The second kappa shape index (κ2) is 6.29.